The number of rotatable bonds is 12. The third-order valence-corrected chi connectivity index (χ3v) is 4.86. The number of hydrogen-bond acceptors (Lipinski definition) is 3. The molecule has 1 heterocycles. The molecule has 0 atom stereocenters. The van der Waals surface area contributed by atoms with Crippen LogP contribution in [0.2, 0.25) is 0 Å². The Morgan fingerprint density at radius 2 is 1.38 bits per heavy atom. The van der Waals surface area contributed by atoms with E-state index in [0.29, 0.717) is 11.4 Å². The molecule has 0 aliphatic carbocycles. The molecule has 0 saturated carbocycles. The maximum absolute atomic E-state index is 11.1. The van der Waals surface area contributed by atoms with Crippen LogP contribution in [-0.2, 0) is 6.42 Å². The molecule has 1 aromatic carbocycles. The summed E-state index contributed by atoms with van der Waals surface area (Å²) in [7, 11) is 0. The van der Waals surface area contributed by atoms with Gasteiger partial charge in [-0.3, -0.25) is 4.79 Å². The van der Waals surface area contributed by atoms with Crippen molar-refractivity contribution in [1.82, 2.24) is 9.97 Å². The Bertz CT molecular complexity index is 653. The Morgan fingerprint density at radius 1 is 0.846 bits per heavy atom. The maximum atomic E-state index is 11.1. The second-order valence-corrected chi connectivity index (χ2v) is 7.19. The fraction of sp³-hybridized carbons (Fsp3) is 0.500. The summed E-state index contributed by atoms with van der Waals surface area (Å²) in [4.78, 5) is 20.0. The lowest BCUT2D eigenvalue weighted by Gasteiger charge is -2.04. The van der Waals surface area contributed by atoms with E-state index in [1.165, 1.54) is 63.4 Å². The molecule has 26 heavy (non-hydrogen) atoms. The van der Waals surface area contributed by atoms with Gasteiger partial charge in [-0.15, -0.1) is 0 Å². The van der Waals surface area contributed by atoms with Gasteiger partial charge in [0.05, 0.1) is 0 Å². The zero-order valence-corrected chi connectivity index (χ0v) is 16.5. The van der Waals surface area contributed by atoms with E-state index in [1.807, 2.05) is 24.5 Å². The van der Waals surface area contributed by atoms with Crippen LogP contribution in [0.15, 0.2) is 36.7 Å². The molecular formula is C22H29ClN2O. The summed E-state index contributed by atoms with van der Waals surface area (Å²) in [5, 5.41) is -0.450. The zero-order chi connectivity index (χ0) is 18.6. The van der Waals surface area contributed by atoms with Crippen molar-refractivity contribution in [2.24, 2.45) is 0 Å². The lowest BCUT2D eigenvalue weighted by molar-refractivity contribution is 0.108. The normalized spacial score (nSPS) is 10.8. The summed E-state index contributed by atoms with van der Waals surface area (Å²) in [6, 6.07) is 7.05. The molecule has 0 N–H and O–H groups in total. The first kappa shape index (κ1) is 20.6. The summed E-state index contributed by atoms with van der Waals surface area (Å²) in [6.45, 7) is 2.26. The summed E-state index contributed by atoms with van der Waals surface area (Å²) < 4.78 is 0. The fourth-order valence-electron chi connectivity index (χ4n) is 3.02. The highest BCUT2D eigenvalue weighted by molar-refractivity contribution is 6.67. The summed E-state index contributed by atoms with van der Waals surface area (Å²) in [6.07, 6.45) is 16.9. The standard InChI is InChI=1S/C22H29ClN2O/c1-2-3-4-5-6-7-8-9-10-11-18-16-24-22(25-17-18)20-14-12-19(13-15-20)21(23)26/h12-17H,2-11H2,1H3. The van der Waals surface area contributed by atoms with Gasteiger partial charge < -0.3 is 0 Å². The average molecular weight is 373 g/mol. The van der Waals surface area contributed by atoms with Gasteiger partial charge in [0.2, 0.25) is 0 Å². The maximum Gasteiger partial charge on any atom is 0.252 e. The highest BCUT2D eigenvalue weighted by Gasteiger charge is 2.05. The third-order valence-electron chi connectivity index (χ3n) is 4.64. The average Bonchev–Trinajstić information content (AvgIpc) is 2.67. The second-order valence-electron chi connectivity index (χ2n) is 6.84. The number of halogens is 1. The number of aromatic nitrogens is 2. The molecule has 0 saturated heterocycles. The van der Waals surface area contributed by atoms with E-state index < -0.39 is 5.24 Å². The lowest BCUT2D eigenvalue weighted by atomic mass is 10.1. The fourth-order valence-corrected chi connectivity index (χ4v) is 3.15. The zero-order valence-electron chi connectivity index (χ0n) is 15.7. The van der Waals surface area contributed by atoms with E-state index >= 15 is 0 Å². The van der Waals surface area contributed by atoms with Crippen LogP contribution in [0.5, 0.6) is 0 Å². The van der Waals surface area contributed by atoms with Crippen LogP contribution in [0.1, 0.15) is 80.6 Å². The largest absolute Gasteiger partial charge is 0.276 e. The Balaban J connectivity index is 1.68. The van der Waals surface area contributed by atoms with Gasteiger partial charge in [-0.05, 0) is 42.1 Å². The monoisotopic (exact) mass is 372 g/mol. The van der Waals surface area contributed by atoms with Gasteiger partial charge in [0, 0.05) is 23.5 Å². The Morgan fingerprint density at radius 3 is 1.92 bits per heavy atom. The van der Waals surface area contributed by atoms with Gasteiger partial charge in [0.25, 0.3) is 5.24 Å². The third kappa shape index (κ3) is 7.25. The van der Waals surface area contributed by atoms with Crippen molar-refractivity contribution in [3.63, 3.8) is 0 Å². The molecule has 0 aliphatic rings. The van der Waals surface area contributed by atoms with Gasteiger partial charge in [0.15, 0.2) is 5.82 Å². The first-order chi connectivity index (χ1) is 12.7. The van der Waals surface area contributed by atoms with Crippen molar-refractivity contribution >= 4 is 16.8 Å². The number of unbranched alkanes of at least 4 members (excludes halogenated alkanes) is 8. The van der Waals surface area contributed by atoms with Crippen LogP contribution in [0.25, 0.3) is 11.4 Å². The van der Waals surface area contributed by atoms with Crippen molar-refractivity contribution in [1.29, 1.82) is 0 Å². The van der Waals surface area contributed by atoms with Crippen LogP contribution in [0.4, 0.5) is 0 Å². The molecule has 3 nitrogen and oxygen atoms in total. The predicted octanol–water partition coefficient (Wildman–Crippen LogP) is 6.60. The van der Waals surface area contributed by atoms with Gasteiger partial charge >= 0.3 is 0 Å². The Kier molecular flexibility index (Phi) is 9.33. The van der Waals surface area contributed by atoms with Gasteiger partial charge in [0.1, 0.15) is 0 Å². The van der Waals surface area contributed by atoms with Gasteiger partial charge in [-0.2, -0.15) is 0 Å². The highest BCUT2D eigenvalue weighted by Crippen LogP contribution is 2.17. The van der Waals surface area contributed by atoms with Crippen LogP contribution in [0, 0.1) is 0 Å². The number of nitrogens with zero attached hydrogens (tertiary/aromatic N) is 2. The number of carbonyl (C=O) groups excluding carboxylic acids is 1. The number of aryl methyl sites for hydroxylation is 1. The molecule has 0 aliphatic heterocycles. The van der Waals surface area contributed by atoms with Crippen LogP contribution >= 0.6 is 11.6 Å². The molecule has 0 amide bonds. The van der Waals surface area contributed by atoms with Crippen LogP contribution in [-0.4, -0.2) is 15.2 Å². The van der Waals surface area contributed by atoms with Crippen molar-refractivity contribution in [3.8, 4) is 11.4 Å². The van der Waals surface area contributed by atoms with Crippen LogP contribution in [0.3, 0.4) is 0 Å². The molecule has 0 radical (unpaired) electrons. The van der Waals surface area contributed by atoms with Gasteiger partial charge in [-0.1, -0.05) is 70.4 Å². The smallest absolute Gasteiger partial charge is 0.252 e. The molecule has 0 bridgehead atoms. The molecule has 0 spiro atoms. The number of hydrogen-bond donors (Lipinski definition) is 0. The minimum absolute atomic E-state index is 0.450. The SMILES string of the molecule is CCCCCCCCCCCc1cnc(-c2ccc(C(=O)Cl)cc2)nc1. The topological polar surface area (TPSA) is 42.9 Å². The number of benzene rings is 1. The van der Waals surface area contributed by atoms with Crippen molar-refractivity contribution in [2.75, 3.05) is 0 Å². The molecule has 0 unspecified atom stereocenters. The van der Waals surface area contributed by atoms with Crippen LogP contribution < -0.4 is 0 Å². The first-order valence-corrected chi connectivity index (χ1v) is 10.2. The summed E-state index contributed by atoms with van der Waals surface area (Å²) >= 11 is 5.46. The summed E-state index contributed by atoms with van der Waals surface area (Å²) in [5.74, 6) is 0.675. The van der Waals surface area contributed by atoms with Gasteiger partial charge in [-0.25, -0.2) is 9.97 Å². The lowest BCUT2D eigenvalue weighted by Crippen LogP contribution is -1.94. The summed E-state index contributed by atoms with van der Waals surface area (Å²) in [5.41, 5.74) is 2.56. The number of carbonyl (C=O) groups is 1. The van der Waals surface area contributed by atoms with E-state index in [1.54, 1.807) is 12.1 Å². The van der Waals surface area contributed by atoms with Crippen molar-refractivity contribution < 1.29 is 4.79 Å². The van der Waals surface area contributed by atoms with Crippen molar-refractivity contribution in [2.45, 2.75) is 71.1 Å². The van der Waals surface area contributed by atoms with E-state index in [-0.39, 0.29) is 0 Å². The Labute approximate surface area is 162 Å². The van der Waals surface area contributed by atoms with E-state index in [0.717, 1.165) is 12.0 Å². The molecule has 140 valence electrons. The molecule has 1 aromatic heterocycles. The van der Waals surface area contributed by atoms with E-state index in [9.17, 15) is 4.79 Å². The molecule has 2 aromatic rings. The molecular weight excluding hydrogens is 344 g/mol. The molecule has 0 fully saturated rings. The van der Waals surface area contributed by atoms with E-state index in [4.69, 9.17) is 11.6 Å². The minimum atomic E-state index is -0.450. The predicted molar refractivity (Wildman–Crippen MR) is 109 cm³/mol. The molecule has 4 heteroatoms. The highest BCUT2D eigenvalue weighted by atomic mass is 35.5. The van der Waals surface area contributed by atoms with Crippen molar-refractivity contribution in [3.05, 3.63) is 47.8 Å². The molecule has 2 rings (SSSR count). The quantitative estimate of drug-likeness (QED) is 0.311. The second kappa shape index (κ2) is 11.8. The Hall–Kier alpha value is -1.74. The minimum Gasteiger partial charge on any atom is -0.276 e. The first-order valence-electron chi connectivity index (χ1n) is 9.82. The van der Waals surface area contributed by atoms with E-state index in [2.05, 4.69) is 16.9 Å².